The maximum atomic E-state index is 13.7. The van der Waals surface area contributed by atoms with Crippen LogP contribution < -0.4 is 14.8 Å². The van der Waals surface area contributed by atoms with Crippen molar-refractivity contribution in [2.75, 3.05) is 40.4 Å². The Balaban J connectivity index is 0.00000242. The molecule has 0 aliphatic carbocycles. The van der Waals surface area contributed by atoms with Crippen LogP contribution in [0.5, 0.6) is 11.5 Å². The van der Waals surface area contributed by atoms with E-state index in [2.05, 4.69) is 5.32 Å². The summed E-state index contributed by atoms with van der Waals surface area (Å²) in [6, 6.07) is 2.53. The highest BCUT2D eigenvalue weighted by Gasteiger charge is 2.35. The monoisotopic (exact) mass is 372 g/mol. The third-order valence-electron chi connectivity index (χ3n) is 3.77. The molecule has 23 heavy (non-hydrogen) atoms. The zero-order valence-electron chi connectivity index (χ0n) is 13.5. The van der Waals surface area contributed by atoms with E-state index in [9.17, 15) is 8.78 Å². The largest absolute Gasteiger partial charge is 0.496 e. The van der Waals surface area contributed by atoms with E-state index in [1.807, 2.05) is 6.92 Å². The molecule has 8 heteroatoms. The quantitative estimate of drug-likeness (QED) is 0.860. The Bertz CT molecular complexity index is 462. The number of rotatable bonds is 5. The predicted octanol–water partition coefficient (Wildman–Crippen LogP) is 3.07. The zero-order chi connectivity index (χ0) is 15.4. The lowest BCUT2D eigenvalue weighted by atomic mass is 10.00. The van der Waals surface area contributed by atoms with E-state index in [1.54, 1.807) is 17.0 Å². The van der Waals surface area contributed by atoms with Gasteiger partial charge in [-0.1, -0.05) is 0 Å². The van der Waals surface area contributed by atoms with Gasteiger partial charge in [-0.05, 0) is 24.6 Å². The fraction of sp³-hybridized carbons (Fsp3) is 0.600. The number of ether oxygens (including phenoxy) is 2. The highest BCUT2D eigenvalue weighted by Crippen LogP contribution is 2.41. The van der Waals surface area contributed by atoms with Crippen LogP contribution in [0.3, 0.4) is 0 Å². The summed E-state index contributed by atoms with van der Waals surface area (Å²) in [5.41, 5.74) is 1.35. The molecule has 1 saturated heterocycles. The van der Waals surface area contributed by atoms with Crippen molar-refractivity contribution >= 4 is 24.8 Å². The van der Waals surface area contributed by atoms with Crippen LogP contribution in [0.2, 0.25) is 0 Å². The van der Waals surface area contributed by atoms with Gasteiger partial charge in [0.1, 0.15) is 17.5 Å². The van der Waals surface area contributed by atoms with Crippen molar-refractivity contribution < 1.29 is 18.3 Å². The molecular formula is C15H24Cl2F2N2O2. The Labute approximate surface area is 148 Å². The summed E-state index contributed by atoms with van der Waals surface area (Å²) in [6.45, 7) is 4.46. The molecular weight excluding hydrogens is 349 g/mol. The van der Waals surface area contributed by atoms with Crippen LogP contribution in [-0.4, -0.2) is 51.7 Å². The number of nitrogens with zero attached hydrogens (tertiary/aromatic N) is 1. The summed E-state index contributed by atoms with van der Waals surface area (Å²) in [5.74, 6) is 0.909. The SMILES string of the molecule is COc1cc(C)cc(OC)c1[C@H](C(F)F)N1CCNCC1.Cl.Cl. The standard InChI is InChI=1S/C15H22F2N2O2.2ClH/c1-10-8-11(20-2)13(12(9-10)21-3)14(15(16)17)19-6-4-18-5-7-19;;/h8-9,14-15,18H,4-7H2,1-3H3;2*1H/t14-;;/m1../s1. The Morgan fingerprint density at radius 3 is 1.91 bits per heavy atom. The lowest BCUT2D eigenvalue weighted by Gasteiger charge is -2.35. The van der Waals surface area contributed by atoms with E-state index in [-0.39, 0.29) is 24.8 Å². The topological polar surface area (TPSA) is 33.7 Å². The van der Waals surface area contributed by atoms with Gasteiger partial charge in [0.2, 0.25) is 0 Å². The fourth-order valence-corrected chi connectivity index (χ4v) is 2.79. The summed E-state index contributed by atoms with van der Waals surface area (Å²) >= 11 is 0. The summed E-state index contributed by atoms with van der Waals surface area (Å²) in [7, 11) is 3.00. The maximum Gasteiger partial charge on any atom is 0.258 e. The van der Waals surface area contributed by atoms with Crippen LogP contribution in [-0.2, 0) is 0 Å². The number of halogens is 4. The van der Waals surface area contributed by atoms with E-state index in [4.69, 9.17) is 9.47 Å². The summed E-state index contributed by atoms with van der Waals surface area (Å²) in [5, 5.41) is 3.18. The molecule has 1 aliphatic rings. The number of piperazine rings is 1. The van der Waals surface area contributed by atoms with E-state index in [0.29, 0.717) is 43.2 Å². The predicted molar refractivity (Wildman–Crippen MR) is 92.0 cm³/mol. The fourth-order valence-electron chi connectivity index (χ4n) is 2.79. The zero-order valence-corrected chi connectivity index (χ0v) is 15.1. The average Bonchev–Trinajstić information content (AvgIpc) is 2.49. The molecule has 0 amide bonds. The first kappa shape index (κ1) is 22.2. The van der Waals surface area contributed by atoms with Crippen molar-refractivity contribution in [1.82, 2.24) is 10.2 Å². The summed E-state index contributed by atoms with van der Waals surface area (Å²) < 4.78 is 38.1. The Kier molecular flexibility index (Phi) is 9.77. The van der Waals surface area contributed by atoms with Gasteiger partial charge in [0.15, 0.2) is 0 Å². The molecule has 134 valence electrons. The molecule has 0 spiro atoms. The Hall–Kier alpha value is -0.820. The van der Waals surface area contributed by atoms with Crippen molar-refractivity contribution in [3.05, 3.63) is 23.3 Å². The van der Waals surface area contributed by atoms with Gasteiger partial charge in [0.05, 0.1) is 19.8 Å². The van der Waals surface area contributed by atoms with Gasteiger partial charge in [-0.15, -0.1) is 24.8 Å². The Morgan fingerprint density at radius 1 is 1.04 bits per heavy atom. The Morgan fingerprint density at radius 2 is 1.52 bits per heavy atom. The number of aryl methyl sites for hydroxylation is 1. The first-order valence-electron chi connectivity index (χ1n) is 7.04. The van der Waals surface area contributed by atoms with E-state index in [0.717, 1.165) is 5.56 Å². The molecule has 2 rings (SSSR count). The van der Waals surface area contributed by atoms with E-state index in [1.165, 1.54) is 14.2 Å². The van der Waals surface area contributed by atoms with Crippen molar-refractivity contribution in [2.45, 2.75) is 19.4 Å². The van der Waals surface area contributed by atoms with Crippen LogP contribution in [0.15, 0.2) is 12.1 Å². The van der Waals surface area contributed by atoms with Gasteiger partial charge >= 0.3 is 0 Å². The minimum absolute atomic E-state index is 0. The molecule has 0 bridgehead atoms. The van der Waals surface area contributed by atoms with Gasteiger partial charge in [-0.3, -0.25) is 4.90 Å². The van der Waals surface area contributed by atoms with Crippen LogP contribution in [0, 0.1) is 6.92 Å². The minimum Gasteiger partial charge on any atom is -0.496 e. The molecule has 1 fully saturated rings. The van der Waals surface area contributed by atoms with Gasteiger partial charge in [0.25, 0.3) is 6.43 Å². The molecule has 0 unspecified atom stereocenters. The molecule has 0 aromatic heterocycles. The van der Waals surface area contributed by atoms with E-state index < -0.39 is 12.5 Å². The van der Waals surface area contributed by atoms with Crippen molar-refractivity contribution in [3.63, 3.8) is 0 Å². The minimum atomic E-state index is -2.51. The summed E-state index contributed by atoms with van der Waals surface area (Å²) in [6.07, 6.45) is -2.51. The molecule has 4 nitrogen and oxygen atoms in total. The maximum absolute atomic E-state index is 13.7. The second kappa shape index (κ2) is 10.1. The van der Waals surface area contributed by atoms with Crippen molar-refractivity contribution in [2.24, 2.45) is 0 Å². The van der Waals surface area contributed by atoms with Crippen molar-refractivity contribution in [1.29, 1.82) is 0 Å². The molecule has 1 aromatic rings. The van der Waals surface area contributed by atoms with Crippen LogP contribution in [0.1, 0.15) is 17.2 Å². The second-order valence-corrected chi connectivity index (χ2v) is 5.15. The van der Waals surface area contributed by atoms with Crippen LogP contribution in [0.4, 0.5) is 8.78 Å². The first-order chi connectivity index (χ1) is 10.1. The van der Waals surface area contributed by atoms with Crippen LogP contribution >= 0.6 is 24.8 Å². The normalized spacial score (nSPS) is 16.3. The van der Waals surface area contributed by atoms with Gasteiger partial charge in [-0.25, -0.2) is 8.78 Å². The molecule has 0 radical (unpaired) electrons. The van der Waals surface area contributed by atoms with Crippen LogP contribution in [0.25, 0.3) is 0 Å². The highest BCUT2D eigenvalue weighted by atomic mass is 35.5. The first-order valence-corrected chi connectivity index (χ1v) is 7.04. The lowest BCUT2D eigenvalue weighted by Crippen LogP contribution is -2.47. The molecule has 1 aromatic carbocycles. The third-order valence-corrected chi connectivity index (χ3v) is 3.77. The average molecular weight is 373 g/mol. The molecule has 0 saturated carbocycles. The number of nitrogens with one attached hydrogen (secondary N) is 1. The number of hydrogen-bond donors (Lipinski definition) is 1. The van der Waals surface area contributed by atoms with Gasteiger partial charge in [0, 0.05) is 26.2 Å². The van der Waals surface area contributed by atoms with E-state index >= 15 is 0 Å². The van der Waals surface area contributed by atoms with Gasteiger partial charge < -0.3 is 14.8 Å². The third kappa shape index (κ3) is 5.08. The smallest absolute Gasteiger partial charge is 0.258 e. The number of alkyl halides is 2. The summed E-state index contributed by atoms with van der Waals surface area (Å²) in [4.78, 5) is 1.79. The molecule has 1 atom stereocenters. The highest BCUT2D eigenvalue weighted by molar-refractivity contribution is 5.85. The lowest BCUT2D eigenvalue weighted by molar-refractivity contribution is 0.0158. The number of benzene rings is 1. The number of hydrogen-bond acceptors (Lipinski definition) is 4. The van der Waals surface area contributed by atoms with Gasteiger partial charge in [-0.2, -0.15) is 0 Å². The van der Waals surface area contributed by atoms with Crippen molar-refractivity contribution in [3.8, 4) is 11.5 Å². The molecule has 1 heterocycles. The molecule has 1 aliphatic heterocycles. The second-order valence-electron chi connectivity index (χ2n) is 5.15. The number of methoxy groups -OCH3 is 2. The molecule has 1 N–H and O–H groups in total.